The number of alkyl halides is 3. The maximum atomic E-state index is 12.7. The van der Waals surface area contributed by atoms with Crippen molar-refractivity contribution in [2.24, 2.45) is 5.92 Å². The molecule has 0 aromatic carbocycles. The molecule has 18 heavy (non-hydrogen) atoms. The molecule has 0 radical (unpaired) electrons. The molecule has 0 N–H and O–H groups in total. The number of halogens is 4. The maximum absolute atomic E-state index is 12.7. The van der Waals surface area contributed by atoms with E-state index in [4.69, 9.17) is 11.6 Å². The predicted octanol–water partition coefficient (Wildman–Crippen LogP) is 4.24. The lowest BCUT2D eigenvalue weighted by molar-refractivity contribution is -0.137. The lowest BCUT2D eigenvalue weighted by atomic mass is 10.2. The van der Waals surface area contributed by atoms with Gasteiger partial charge in [0.05, 0.1) is 5.56 Å². The average molecular weight is 281 g/mol. The normalized spacial score (nSPS) is 12.0. The summed E-state index contributed by atoms with van der Waals surface area (Å²) in [6.45, 7) is 7.10. The van der Waals surface area contributed by atoms with Gasteiger partial charge in [-0.2, -0.15) is 13.2 Å². The van der Waals surface area contributed by atoms with Crippen LogP contribution in [0.15, 0.2) is 12.1 Å². The molecule has 6 heteroatoms. The SMILES string of the molecule is CCN(CC(C)C)c1cc(C(F)(F)F)cc(Cl)n1. The fraction of sp³-hybridized carbons (Fsp3) is 0.583. The summed E-state index contributed by atoms with van der Waals surface area (Å²) in [7, 11) is 0. The molecular formula is C12H16ClF3N2. The van der Waals surface area contributed by atoms with Crippen LogP contribution in [0.1, 0.15) is 26.3 Å². The Balaban J connectivity index is 3.11. The molecule has 0 fully saturated rings. The first kappa shape index (κ1) is 15.1. The van der Waals surface area contributed by atoms with Crippen LogP contribution >= 0.6 is 11.6 Å². The van der Waals surface area contributed by atoms with Gasteiger partial charge in [-0.3, -0.25) is 0 Å². The number of pyridine rings is 1. The summed E-state index contributed by atoms with van der Waals surface area (Å²) in [6.07, 6.45) is -4.40. The summed E-state index contributed by atoms with van der Waals surface area (Å²) in [6, 6.07) is 1.88. The number of hydrogen-bond donors (Lipinski definition) is 0. The monoisotopic (exact) mass is 280 g/mol. The first-order chi connectivity index (χ1) is 8.24. The lowest BCUT2D eigenvalue weighted by Crippen LogP contribution is -2.28. The molecule has 0 spiro atoms. The molecule has 1 rings (SSSR count). The molecule has 0 bridgehead atoms. The summed E-state index contributed by atoms with van der Waals surface area (Å²) >= 11 is 5.66. The Kier molecular flexibility index (Phi) is 4.85. The molecule has 0 atom stereocenters. The van der Waals surface area contributed by atoms with E-state index < -0.39 is 11.7 Å². The van der Waals surface area contributed by atoms with E-state index in [1.165, 1.54) is 0 Å². The van der Waals surface area contributed by atoms with Gasteiger partial charge in [-0.05, 0) is 25.0 Å². The minimum absolute atomic E-state index is 0.137. The fourth-order valence-corrected chi connectivity index (χ4v) is 1.84. The van der Waals surface area contributed by atoms with Crippen molar-refractivity contribution in [3.05, 3.63) is 22.8 Å². The van der Waals surface area contributed by atoms with Crippen molar-refractivity contribution in [3.63, 3.8) is 0 Å². The topological polar surface area (TPSA) is 16.1 Å². The van der Waals surface area contributed by atoms with Gasteiger partial charge in [-0.25, -0.2) is 4.98 Å². The molecule has 102 valence electrons. The van der Waals surface area contributed by atoms with Gasteiger partial charge < -0.3 is 4.90 Å². The van der Waals surface area contributed by atoms with Gasteiger partial charge in [0, 0.05) is 13.1 Å². The van der Waals surface area contributed by atoms with E-state index in [0.29, 0.717) is 19.0 Å². The van der Waals surface area contributed by atoms with Crippen LogP contribution in [-0.2, 0) is 6.18 Å². The summed E-state index contributed by atoms with van der Waals surface area (Å²) < 4.78 is 38.0. The van der Waals surface area contributed by atoms with Crippen LogP contribution in [0.2, 0.25) is 5.15 Å². The van der Waals surface area contributed by atoms with E-state index in [2.05, 4.69) is 4.98 Å². The Morgan fingerprint density at radius 1 is 1.33 bits per heavy atom. The zero-order valence-electron chi connectivity index (χ0n) is 10.6. The van der Waals surface area contributed by atoms with Crippen molar-refractivity contribution in [2.75, 3.05) is 18.0 Å². The van der Waals surface area contributed by atoms with Gasteiger partial charge in [0.15, 0.2) is 0 Å². The molecule has 0 saturated heterocycles. The zero-order chi connectivity index (χ0) is 13.9. The number of hydrogen-bond acceptors (Lipinski definition) is 2. The van der Waals surface area contributed by atoms with Gasteiger partial charge in [-0.15, -0.1) is 0 Å². The van der Waals surface area contributed by atoms with E-state index in [9.17, 15) is 13.2 Å². The molecule has 1 heterocycles. The number of aromatic nitrogens is 1. The summed E-state index contributed by atoms with van der Waals surface area (Å²) in [4.78, 5) is 5.75. The second-order valence-electron chi connectivity index (χ2n) is 4.47. The highest BCUT2D eigenvalue weighted by atomic mass is 35.5. The van der Waals surface area contributed by atoms with E-state index in [1.54, 1.807) is 4.90 Å². The van der Waals surface area contributed by atoms with E-state index in [-0.39, 0.29) is 11.0 Å². The molecular weight excluding hydrogens is 265 g/mol. The summed E-state index contributed by atoms with van der Waals surface area (Å²) in [5.74, 6) is 0.603. The fourth-order valence-electron chi connectivity index (χ4n) is 1.63. The lowest BCUT2D eigenvalue weighted by Gasteiger charge is -2.24. The van der Waals surface area contributed by atoms with E-state index in [0.717, 1.165) is 12.1 Å². The number of anilines is 1. The summed E-state index contributed by atoms with van der Waals surface area (Å²) in [5.41, 5.74) is -0.764. The molecule has 0 unspecified atom stereocenters. The Labute approximate surface area is 110 Å². The van der Waals surface area contributed by atoms with Crippen LogP contribution in [0.5, 0.6) is 0 Å². The third-order valence-corrected chi connectivity index (χ3v) is 2.59. The third kappa shape index (κ3) is 4.05. The van der Waals surface area contributed by atoms with Gasteiger partial charge in [-0.1, -0.05) is 25.4 Å². The zero-order valence-corrected chi connectivity index (χ0v) is 11.3. The molecule has 0 aliphatic carbocycles. The van der Waals surface area contributed by atoms with Crippen molar-refractivity contribution in [2.45, 2.75) is 26.9 Å². The Morgan fingerprint density at radius 3 is 2.39 bits per heavy atom. The van der Waals surface area contributed by atoms with Crippen molar-refractivity contribution in [3.8, 4) is 0 Å². The van der Waals surface area contributed by atoms with Crippen LogP contribution in [0, 0.1) is 5.92 Å². The first-order valence-electron chi connectivity index (χ1n) is 5.73. The molecule has 1 aromatic rings. The van der Waals surface area contributed by atoms with Crippen LogP contribution in [0.3, 0.4) is 0 Å². The smallest absolute Gasteiger partial charge is 0.357 e. The van der Waals surface area contributed by atoms with E-state index in [1.807, 2.05) is 20.8 Å². The molecule has 0 aliphatic rings. The van der Waals surface area contributed by atoms with E-state index >= 15 is 0 Å². The van der Waals surface area contributed by atoms with Crippen molar-refractivity contribution >= 4 is 17.4 Å². The Bertz CT molecular complexity index is 405. The van der Waals surface area contributed by atoms with Gasteiger partial charge in [0.25, 0.3) is 0 Å². The highest BCUT2D eigenvalue weighted by Crippen LogP contribution is 2.32. The second-order valence-corrected chi connectivity index (χ2v) is 4.85. The Morgan fingerprint density at radius 2 is 1.94 bits per heavy atom. The Hall–Kier alpha value is -0.970. The highest BCUT2D eigenvalue weighted by Gasteiger charge is 2.32. The molecule has 2 nitrogen and oxygen atoms in total. The second kappa shape index (κ2) is 5.78. The minimum Gasteiger partial charge on any atom is -0.357 e. The van der Waals surface area contributed by atoms with Gasteiger partial charge in [0.1, 0.15) is 11.0 Å². The van der Waals surface area contributed by atoms with Crippen molar-refractivity contribution in [1.82, 2.24) is 4.98 Å². The van der Waals surface area contributed by atoms with Crippen molar-refractivity contribution < 1.29 is 13.2 Å². The summed E-state index contributed by atoms with van der Waals surface area (Å²) in [5, 5.41) is -0.137. The quantitative estimate of drug-likeness (QED) is 0.767. The number of nitrogens with zero attached hydrogens (tertiary/aromatic N) is 2. The minimum atomic E-state index is -4.40. The molecule has 0 amide bonds. The molecule has 0 saturated carbocycles. The standard InChI is InChI=1S/C12H16ClF3N2/c1-4-18(7-8(2)3)11-6-9(12(14,15)16)5-10(13)17-11/h5-6,8H,4,7H2,1-3H3. The highest BCUT2D eigenvalue weighted by molar-refractivity contribution is 6.29. The predicted molar refractivity (Wildman–Crippen MR) is 67.0 cm³/mol. The van der Waals surface area contributed by atoms with Gasteiger partial charge >= 0.3 is 6.18 Å². The first-order valence-corrected chi connectivity index (χ1v) is 6.11. The third-order valence-electron chi connectivity index (χ3n) is 2.40. The molecule has 1 aromatic heterocycles. The van der Waals surface area contributed by atoms with Gasteiger partial charge in [0.2, 0.25) is 0 Å². The average Bonchev–Trinajstić information content (AvgIpc) is 2.23. The van der Waals surface area contributed by atoms with Crippen LogP contribution in [-0.4, -0.2) is 18.1 Å². The number of rotatable bonds is 4. The van der Waals surface area contributed by atoms with Crippen LogP contribution in [0.4, 0.5) is 19.0 Å². The van der Waals surface area contributed by atoms with Crippen molar-refractivity contribution in [1.29, 1.82) is 0 Å². The molecule has 0 aliphatic heterocycles. The van der Waals surface area contributed by atoms with Crippen LogP contribution in [0.25, 0.3) is 0 Å². The maximum Gasteiger partial charge on any atom is 0.416 e. The van der Waals surface area contributed by atoms with Crippen LogP contribution < -0.4 is 4.90 Å². The largest absolute Gasteiger partial charge is 0.416 e.